The van der Waals surface area contributed by atoms with Crippen LogP contribution in [-0.2, 0) is 13.0 Å². The summed E-state index contributed by atoms with van der Waals surface area (Å²) in [4.78, 5) is 6.76. The van der Waals surface area contributed by atoms with Crippen LogP contribution in [0.15, 0.2) is 47.5 Å². The van der Waals surface area contributed by atoms with Gasteiger partial charge < -0.3 is 24.4 Å². The van der Waals surface area contributed by atoms with Crippen molar-refractivity contribution in [1.82, 2.24) is 10.2 Å². The maximum atomic E-state index is 5.74. The summed E-state index contributed by atoms with van der Waals surface area (Å²) in [6, 6.07) is 14.1. The average Bonchev–Trinajstić information content (AvgIpc) is 2.78. The Morgan fingerprint density at radius 2 is 1.76 bits per heavy atom. The van der Waals surface area contributed by atoms with Crippen molar-refractivity contribution in [3.63, 3.8) is 0 Å². The molecule has 3 rings (SSSR count). The Labute approximate surface area is 173 Å². The van der Waals surface area contributed by atoms with Gasteiger partial charge in [0.15, 0.2) is 17.5 Å². The zero-order valence-corrected chi connectivity index (χ0v) is 17.6. The lowest BCUT2D eigenvalue weighted by Gasteiger charge is -2.32. The zero-order chi connectivity index (χ0) is 20.5. The third kappa shape index (κ3) is 5.56. The summed E-state index contributed by atoms with van der Waals surface area (Å²) in [6.07, 6.45) is 2.99. The van der Waals surface area contributed by atoms with Crippen molar-refractivity contribution in [3.8, 4) is 17.2 Å². The quantitative estimate of drug-likeness (QED) is 0.420. The first kappa shape index (κ1) is 20.8. The number of nitrogens with one attached hydrogen (secondary N) is 1. The van der Waals surface area contributed by atoms with Crippen LogP contribution < -0.4 is 19.5 Å². The van der Waals surface area contributed by atoms with Crippen molar-refractivity contribution < 1.29 is 14.2 Å². The minimum absolute atomic E-state index is 0.725. The number of hydrogen-bond donors (Lipinski definition) is 1. The third-order valence-corrected chi connectivity index (χ3v) is 5.10. The van der Waals surface area contributed by atoms with Crippen LogP contribution in [0.5, 0.6) is 17.2 Å². The Bertz CT molecular complexity index is 809. The van der Waals surface area contributed by atoms with Crippen molar-refractivity contribution in [2.45, 2.75) is 25.8 Å². The summed E-state index contributed by atoms with van der Waals surface area (Å²) in [5, 5.41) is 3.48. The number of para-hydroxylation sites is 1. The van der Waals surface area contributed by atoms with Gasteiger partial charge in [0, 0.05) is 26.7 Å². The van der Waals surface area contributed by atoms with Gasteiger partial charge in [0.05, 0.1) is 20.8 Å². The summed E-state index contributed by atoms with van der Waals surface area (Å²) in [5.41, 5.74) is 2.57. The van der Waals surface area contributed by atoms with Gasteiger partial charge in [0.1, 0.15) is 5.75 Å². The molecule has 2 aromatic rings. The van der Waals surface area contributed by atoms with Crippen LogP contribution in [0.4, 0.5) is 0 Å². The Morgan fingerprint density at radius 3 is 2.45 bits per heavy atom. The van der Waals surface area contributed by atoms with E-state index in [-0.39, 0.29) is 0 Å². The fourth-order valence-electron chi connectivity index (χ4n) is 3.53. The molecule has 1 heterocycles. The molecule has 6 heteroatoms. The molecule has 0 bridgehead atoms. The minimum atomic E-state index is 0.725. The largest absolute Gasteiger partial charge is 0.494 e. The summed E-state index contributed by atoms with van der Waals surface area (Å²) in [5.74, 6) is 3.43. The van der Waals surface area contributed by atoms with Gasteiger partial charge >= 0.3 is 0 Å². The molecular weight excluding hydrogens is 366 g/mol. The van der Waals surface area contributed by atoms with Crippen LogP contribution in [0.3, 0.4) is 0 Å². The highest BCUT2D eigenvalue weighted by molar-refractivity contribution is 5.80. The fourth-order valence-corrected chi connectivity index (χ4v) is 3.53. The SMILES string of the molecule is CN=C(NCCCCOc1ccccc1)N1CCc2cc(OC)c(OC)cc2C1. The number of benzene rings is 2. The van der Waals surface area contributed by atoms with Gasteiger partial charge in [0.25, 0.3) is 0 Å². The predicted octanol–water partition coefficient (Wildman–Crippen LogP) is 3.50. The second-order valence-corrected chi connectivity index (χ2v) is 6.99. The van der Waals surface area contributed by atoms with Crippen molar-refractivity contribution in [2.24, 2.45) is 4.99 Å². The van der Waals surface area contributed by atoms with Crippen LogP contribution in [0.1, 0.15) is 24.0 Å². The van der Waals surface area contributed by atoms with E-state index in [4.69, 9.17) is 14.2 Å². The first-order valence-corrected chi connectivity index (χ1v) is 10.1. The Morgan fingerprint density at radius 1 is 1.03 bits per heavy atom. The van der Waals surface area contributed by atoms with Crippen LogP contribution in [0.2, 0.25) is 0 Å². The number of methoxy groups -OCH3 is 2. The van der Waals surface area contributed by atoms with Gasteiger partial charge in [-0.1, -0.05) is 18.2 Å². The molecule has 0 spiro atoms. The standard InChI is InChI=1S/C23H31N3O3/c1-24-23(25-12-7-8-14-29-20-9-5-4-6-10-20)26-13-11-18-15-21(27-2)22(28-3)16-19(18)17-26/h4-6,9-10,15-16H,7-8,11-14,17H2,1-3H3,(H,24,25). The number of guanidine groups is 1. The molecule has 0 unspecified atom stereocenters. The Kier molecular flexibility index (Phi) is 7.61. The van der Waals surface area contributed by atoms with Crippen molar-refractivity contribution >= 4 is 5.96 Å². The highest BCUT2D eigenvalue weighted by atomic mass is 16.5. The maximum Gasteiger partial charge on any atom is 0.193 e. The van der Waals surface area contributed by atoms with Gasteiger partial charge in [-0.05, 0) is 54.7 Å². The monoisotopic (exact) mass is 397 g/mol. The molecule has 156 valence electrons. The van der Waals surface area contributed by atoms with Gasteiger partial charge in [0.2, 0.25) is 0 Å². The van der Waals surface area contributed by atoms with Gasteiger partial charge in [-0.25, -0.2) is 0 Å². The molecule has 0 saturated carbocycles. The number of aliphatic imine (C=N–C) groups is 1. The molecule has 29 heavy (non-hydrogen) atoms. The second-order valence-electron chi connectivity index (χ2n) is 6.99. The molecule has 6 nitrogen and oxygen atoms in total. The number of unbranched alkanes of at least 4 members (excludes halogenated alkanes) is 1. The average molecular weight is 398 g/mol. The molecule has 2 aromatic carbocycles. The number of ether oxygens (including phenoxy) is 3. The smallest absolute Gasteiger partial charge is 0.193 e. The van der Waals surface area contributed by atoms with E-state index in [0.717, 1.165) is 68.7 Å². The van der Waals surface area contributed by atoms with Gasteiger partial charge in [-0.2, -0.15) is 0 Å². The van der Waals surface area contributed by atoms with E-state index >= 15 is 0 Å². The van der Waals surface area contributed by atoms with Gasteiger partial charge in [-0.3, -0.25) is 4.99 Å². The zero-order valence-electron chi connectivity index (χ0n) is 17.6. The van der Waals surface area contributed by atoms with Crippen LogP contribution >= 0.6 is 0 Å². The van der Waals surface area contributed by atoms with Crippen molar-refractivity contribution in [1.29, 1.82) is 0 Å². The summed E-state index contributed by atoms with van der Waals surface area (Å²) < 4.78 is 16.6. The molecule has 1 aliphatic heterocycles. The van der Waals surface area contributed by atoms with E-state index in [1.165, 1.54) is 11.1 Å². The third-order valence-electron chi connectivity index (χ3n) is 5.10. The molecule has 0 saturated heterocycles. The number of nitrogens with zero attached hydrogens (tertiary/aromatic N) is 2. The van der Waals surface area contributed by atoms with E-state index in [0.29, 0.717) is 0 Å². The Balaban J connectivity index is 1.46. The molecule has 0 aromatic heterocycles. The van der Waals surface area contributed by atoms with E-state index < -0.39 is 0 Å². The van der Waals surface area contributed by atoms with Gasteiger partial charge in [-0.15, -0.1) is 0 Å². The minimum Gasteiger partial charge on any atom is -0.494 e. The highest BCUT2D eigenvalue weighted by Crippen LogP contribution is 2.33. The molecule has 1 aliphatic rings. The lowest BCUT2D eigenvalue weighted by Crippen LogP contribution is -2.44. The number of hydrogen-bond acceptors (Lipinski definition) is 4. The summed E-state index contributed by atoms with van der Waals surface area (Å²) >= 11 is 0. The van der Waals surface area contributed by atoms with Crippen LogP contribution in [0, 0.1) is 0 Å². The summed E-state index contributed by atoms with van der Waals surface area (Å²) in [7, 11) is 5.19. The molecule has 0 radical (unpaired) electrons. The maximum absolute atomic E-state index is 5.74. The summed E-state index contributed by atoms with van der Waals surface area (Å²) in [6.45, 7) is 3.34. The normalized spacial score (nSPS) is 13.6. The number of rotatable bonds is 8. The lowest BCUT2D eigenvalue weighted by molar-refractivity contribution is 0.306. The van der Waals surface area contributed by atoms with Crippen LogP contribution in [-0.4, -0.2) is 51.8 Å². The molecule has 0 amide bonds. The first-order valence-electron chi connectivity index (χ1n) is 10.1. The first-order chi connectivity index (χ1) is 14.2. The van der Waals surface area contributed by atoms with E-state index in [1.54, 1.807) is 14.2 Å². The molecular formula is C23H31N3O3. The van der Waals surface area contributed by atoms with E-state index in [1.807, 2.05) is 37.4 Å². The molecule has 0 atom stereocenters. The predicted molar refractivity (Wildman–Crippen MR) is 116 cm³/mol. The van der Waals surface area contributed by atoms with Crippen LogP contribution in [0.25, 0.3) is 0 Å². The Hall–Kier alpha value is -2.89. The van der Waals surface area contributed by atoms with E-state index in [9.17, 15) is 0 Å². The lowest BCUT2D eigenvalue weighted by atomic mass is 9.99. The van der Waals surface area contributed by atoms with E-state index in [2.05, 4.69) is 27.3 Å². The van der Waals surface area contributed by atoms with Crippen molar-refractivity contribution in [3.05, 3.63) is 53.6 Å². The molecule has 0 aliphatic carbocycles. The molecule has 1 N–H and O–H groups in total. The molecule has 0 fully saturated rings. The van der Waals surface area contributed by atoms with Crippen molar-refractivity contribution in [2.75, 3.05) is 41.0 Å². The second kappa shape index (κ2) is 10.6. The topological polar surface area (TPSA) is 55.3 Å². The number of fused-ring (bicyclic) bond motifs is 1. The highest BCUT2D eigenvalue weighted by Gasteiger charge is 2.21. The fraction of sp³-hybridized carbons (Fsp3) is 0.435.